The van der Waals surface area contributed by atoms with Gasteiger partial charge in [-0.15, -0.1) is 0 Å². The molecule has 0 saturated heterocycles. The van der Waals surface area contributed by atoms with Crippen molar-refractivity contribution in [1.82, 2.24) is 19.6 Å². The minimum absolute atomic E-state index is 0.241. The van der Waals surface area contributed by atoms with E-state index < -0.39 is 5.97 Å². The molecule has 1 saturated carbocycles. The minimum atomic E-state index is -0.719. The summed E-state index contributed by atoms with van der Waals surface area (Å²) in [6, 6.07) is 7.63. The minimum Gasteiger partial charge on any atom is -0.481 e. The lowest BCUT2D eigenvalue weighted by molar-refractivity contribution is -0.138. The molecular weight excluding hydrogens is 426 g/mol. The van der Waals surface area contributed by atoms with E-state index in [0.29, 0.717) is 10.8 Å². The summed E-state index contributed by atoms with van der Waals surface area (Å²) in [7, 11) is 0. The molecule has 0 aliphatic heterocycles. The molecule has 32 heavy (non-hydrogen) atoms. The standard InChI is InChI=1S/C24H24ClN5O2/c1-13-22(15-4-2-14(3-5-15)10-21(31)32)29-24-19(12-28-30(24)23(13)26)17-8-9-27-20-11-16(25)6-7-18(17)20/h6-9,11-12,14-15H,2-5,10,26H2,1H3,(H,31,32). The fourth-order valence-corrected chi connectivity index (χ4v) is 5.11. The number of fused-ring (bicyclic) bond motifs is 2. The second-order valence-corrected chi connectivity index (χ2v) is 9.07. The third-order valence-corrected chi connectivity index (χ3v) is 6.89. The van der Waals surface area contributed by atoms with Gasteiger partial charge in [0.2, 0.25) is 0 Å². The molecule has 3 heterocycles. The maximum atomic E-state index is 11.1. The number of aromatic nitrogens is 4. The topological polar surface area (TPSA) is 106 Å². The Balaban J connectivity index is 1.58. The Hall–Kier alpha value is -3.19. The lowest BCUT2D eigenvalue weighted by Gasteiger charge is -2.28. The van der Waals surface area contributed by atoms with E-state index in [9.17, 15) is 4.79 Å². The highest BCUT2D eigenvalue weighted by Gasteiger charge is 2.28. The van der Waals surface area contributed by atoms with E-state index in [1.165, 1.54) is 0 Å². The Bertz CT molecular complexity index is 1340. The summed E-state index contributed by atoms with van der Waals surface area (Å²) in [6.45, 7) is 1.99. The van der Waals surface area contributed by atoms with E-state index in [4.69, 9.17) is 27.4 Å². The fraction of sp³-hybridized carbons (Fsp3) is 0.333. The number of nitrogens with zero attached hydrogens (tertiary/aromatic N) is 4. The van der Waals surface area contributed by atoms with Crippen LogP contribution >= 0.6 is 11.6 Å². The maximum absolute atomic E-state index is 11.1. The average molecular weight is 450 g/mol. The summed E-state index contributed by atoms with van der Waals surface area (Å²) < 4.78 is 1.70. The molecule has 0 bridgehead atoms. The van der Waals surface area contributed by atoms with Gasteiger partial charge in [0, 0.05) is 40.1 Å². The zero-order valence-electron chi connectivity index (χ0n) is 17.8. The summed E-state index contributed by atoms with van der Waals surface area (Å²) in [4.78, 5) is 20.6. The molecule has 0 radical (unpaired) electrons. The number of carboxylic acid groups (broad SMARTS) is 1. The number of carboxylic acids is 1. The van der Waals surface area contributed by atoms with E-state index in [1.807, 2.05) is 31.2 Å². The smallest absolute Gasteiger partial charge is 0.303 e. The predicted octanol–water partition coefficient (Wildman–Crippen LogP) is 5.24. The predicted molar refractivity (Wildman–Crippen MR) is 125 cm³/mol. The van der Waals surface area contributed by atoms with Crippen LogP contribution in [0.2, 0.25) is 5.02 Å². The maximum Gasteiger partial charge on any atom is 0.303 e. The highest BCUT2D eigenvalue weighted by atomic mass is 35.5. The van der Waals surface area contributed by atoms with Gasteiger partial charge >= 0.3 is 5.97 Å². The number of pyridine rings is 1. The van der Waals surface area contributed by atoms with Gasteiger partial charge in [-0.25, -0.2) is 4.98 Å². The Morgan fingerprint density at radius 3 is 2.75 bits per heavy atom. The van der Waals surface area contributed by atoms with Crippen molar-refractivity contribution in [3.63, 3.8) is 0 Å². The van der Waals surface area contributed by atoms with Crippen LogP contribution in [-0.2, 0) is 4.79 Å². The second-order valence-electron chi connectivity index (χ2n) is 8.64. The molecule has 1 aliphatic rings. The number of aliphatic carboxylic acids is 1. The van der Waals surface area contributed by atoms with Gasteiger partial charge in [-0.2, -0.15) is 9.61 Å². The van der Waals surface area contributed by atoms with Crippen LogP contribution in [0.5, 0.6) is 0 Å². The monoisotopic (exact) mass is 449 g/mol. The lowest BCUT2D eigenvalue weighted by atomic mass is 9.78. The van der Waals surface area contributed by atoms with Crippen molar-refractivity contribution in [1.29, 1.82) is 0 Å². The first-order chi connectivity index (χ1) is 15.4. The zero-order chi connectivity index (χ0) is 22.4. The molecule has 0 amide bonds. The summed E-state index contributed by atoms with van der Waals surface area (Å²) >= 11 is 6.16. The molecule has 4 aromatic rings. The van der Waals surface area contributed by atoms with E-state index in [2.05, 4.69) is 10.1 Å². The Morgan fingerprint density at radius 2 is 2.00 bits per heavy atom. The molecule has 8 heteroatoms. The summed E-state index contributed by atoms with van der Waals surface area (Å²) in [5, 5.41) is 15.2. The molecule has 7 nitrogen and oxygen atoms in total. The molecule has 0 spiro atoms. The first-order valence-corrected chi connectivity index (χ1v) is 11.2. The quantitative estimate of drug-likeness (QED) is 0.441. The Kier molecular flexibility index (Phi) is 5.21. The zero-order valence-corrected chi connectivity index (χ0v) is 18.5. The van der Waals surface area contributed by atoms with E-state index in [0.717, 1.165) is 64.6 Å². The van der Waals surface area contributed by atoms with Gasteiger partial charge in [-0.1, -0.05) is 17.7 Å². The van der Waals surface area contributed by atoms with Crippen LogP contribution < -0.4 is 5.73 Å². The number of rotatable bonds is 4. The molecule has 1 aromatic carbocycles. The van der Waals surface area contributed by atoms with Gasteiger partial charge in [-0.05, 0) is 62.3 Å². The van der Waals surface area contributed by atoms with Crippen LogP contribution in [0.15, 0.2) is 36.7 Å². The van der Waals surface area contributed by atoms with Crippen molar-refractivity contribution in [3.8, 4) is 11.1 Å². The number of nitrogens with two attached hydrogens (primary N) is 1. The molecule has 0 unspecified atom stereocenters. The van der Waals surface area contributed by atoms with Crippen LogP contribution in [0.4, 0.5) is 5.82 Å². The number of hydrogen-bond acceptors (Lipinski definition) is 5. The van der Waals surface area contributed by atoms with Crippen molar-refractivity contribution < 1.29 is 9.90 Å². The second kappa shape index (κ2) is 8.06. The lowest BCUT2D eigenvalue weighted by Crippen LogP contribution is -2.19. The van der Waals surface area contributed by atoms with Gasteiger partial charge in [0.05, 0.1) is 17.4 Å². The molecular formula is C24H24ClN5O2. The van der Waals surface area contributed by atoms with Gasteiger partial charge in [0.1, 0.15) is 5.82 Å². The SMILES string of the molecule is Cc1c(C2CCC(CC(=O)O)CC2)nc2c(-c3ccnc4cc(Cl)ccc34)cnn2c1N. The van der Waals surface area contributed by atoms with Gasteiger partial charge < -0.3 is 10.8 Å². The van der Waals surface area contributed by atoms with Gasteiger partial charge in [0.25, 0.3) is 0 Å². The van der Waals surface area contributed by atoms with Crippen LogP contribution in [-0.4, -0.2) is 30.7 Å². The summed E-state index contributed by atoms with van der Waals surface area (Å²) in [6.07, 6.45) is 7.43. The third kappa shape index (κ3) is 3.56. The van der Waals surface area contributed by atoms with Gasteiger partial charge in [0.15, 0.2) is 5.65 Å². The first-order valence-electron chi connectivity index (χ1n) is 10.8. The first kappa shape index (κ1) is 20.7. The summed E-state index contributed by atoms with van der Waals surface area (Å²) in [5.41, 5.74) is 11.8. The number of carbonyl (C=O) groups is 1. The van der Waals surface area contributed by atoms with E-state index in [1.54, 1.807) is 16.9 Å². The molecule has 1 aliphatic carbocycles. The number of hydrogen-bond donors (Lipinski definition) is 2. The van der Waals surface area contributed by atoms with Crippen molar-refractivity contribution in [2.45, 2.75) is 44.9 Å². The van der Waals surface area contributed by atoms with E-state index >= 15 is 0 Å². The van der Waals surface area contributed by atoms with Crippen molar-refractivity contribution >= 4 is 39.9 Å². The van der Waals surface area contributed by atoms with Crippen molar-refractivity contribution in [3.05, 3.63) is 52.9 Å². The van der Waals surface area contributed by atoms with Crippen molar-refractivity contribution in [2.75, 3.05) is 5.73 Å². The van der Waals surface area contributed by atoms with Crippen molar-refractivity contribution in [2.24, 2.45) is 5.92 Å². The van der Waals surface area contributed by atoms with Crippen LogP contribution in [0.1, 0.15) is 49.3 Å². The van der Waals surface area contributed by atoms with Crippen LogP contribution in [0.3, 0.4) is 0 Å². The highest BCUT2D eigenvalue weighted by molar-refractivity contribution is 6.31. The van der Waals surface area contributed by atoms with Crippen LogP contribution in [0.25, 0.3) is 27.7 Å². The molecule has 3 aromatic heterocycles. The number of nitrogen functional groups attached to an aromatic ring is 1. The number of halogens is 1. The highest BCUT2D eigenvalue weighted by Crippen LogP contribution is 2.40. The molecule has 0 atom stereocenters. The number of anilines is 1. The molecule has 164 valence electrons. The molecule has 3 N–H and O–H groups in total. The van der Waals surface area contributed by atoms with Crippen LogP contribution in [0, 0.1) is 12.8 Å². The average Bonchev–Trinajstić information content (AvgIpc) is 3.20. The van der Waals surface area contributed by atoms with E-state index in [-0.39, 0.29) is 18.3 Å². The molecule has 1 fully saturated rings. The van der Waals surface area contributed by atoms with Gasteiger partial charge in [-0.3, -0.25) is 9.78 Å². The fourth-order valence-electron chi connectivity index (χ4n) is 4.94. The third-order valence-electron chi connectivity index (χ3n) is 6.66. The molecule has 5 rings (SSSR count). The Labute approximate surface area is 190 Å². The Morgan fingerprint density at radius 1 is 1.22 bits per heavy atom. The number of benzene rings is 1. The largest absolute Gasteiger partial charge is 0.481 e. The summed E-state index contributed by atoms with van der Waals surface area (Å²) in [5.74, 6) is 0.377. The normalized spacial score (nSPS) is 18.9.